The Hall–Kier alpha value is -2.51. The van der Waals surface area contributed by atoms with Crippen LogP contribution >= 0.6 is 11.3 Å². The highest BCUT2D eigenvalue weighted by atomic mass is 32.1. The van der Waals surface area contributed by atoms with E-state index < -0.39 is 5.97 Å². The molecule has 0 aliphatic rings. The largest absolute Gasteiger partial charge is 0.462 e. The minimum Gasteiger partial charge on any atom is -0.462 e. The Morgan fingerprint density at radius 2 is 2.00 bits per heavy atom. The van der Waals surface area contributed by atoms with Gasteiger partial charge in [0.1, 0.15) is 5.01 Å². The van der Waals surface area contributed by atoms with Crippen LogP contribution < -0.4 is 0 Å². The maximum atomic E-state index is 13.1. The highest BCUT2D eigenvalue weighted by Gasteiger charge is 2.27. The predicted molar refractivity (Wildman–Crippen MR) is 111 cm³/mol. The first-order chi connectivity index (χ1) is 13.3. The lowest BCUT2D eigenvalue weighted by atomic mass is 10.0. The number of benzene rings is 1. The molecule has 0 aliphatic heterocycles. The molecule has 1 N–H and O–H groups in total. The smallest absolute Gasteiger partial charge is 0.340 e. The van der Waals surface area contributed by atoms with E-state index in [9.17, 15) is 9.59 Å². The molecule has 3 rings (SSSR count). The molecule has 2 aromatic heterocycles. The molecule has 0 spiro atoms. The topological polar surface area (TPSA) is 75.3 Å². The molecular formula is C21H25N3O3S. The van der Waals surface area contributed by atoms with Gasteiger partial charge in [-0.1, -0.05) is 12.1 Å². The van der Waals surface area contributed by atoms with E-state index in [2.05, 4.69) is 9.97 Å². The van der Waals surface area contributed by atoms with Crippen LogP contribution in [0.2, 0.25) is 0 Å². The predicted octanol–water partition coefficient (Wildman–Crippen LogP) is 4.12. The van der Waals surface area contributed by atoms with Crippen LogP contribution in [0.1, 0.15) is 51.0 Å². The van der Waals surface area contributed by atoms with Gasteiger partial charge in [0.15, 0.2) is 5.78 Å². The van der Waals surface area contributed by atoms with Gasteiger partial charge >= 0.3 is 5.97 Å². The number of aromatic amines is 1. The average Bonchev–Trinajstić information content (AvgIpc) is 3.20. The highest BCUT2D eigenvalue weighted by Crippen LogP contribution is 2.24. The number of carbonyl (C=O) groups is 2. The molecule has 6 nitrogen and oxygen atoms in total. The summed E-state index contributed by atoms with van der Waals surface area (Å²) in [5.74, 6) is -0.456. The maximum Gasteiger partial charge on any atom is 0.340 e. The summed E-state index contributed by atoms with van der Waals surface area (Å²) in [6.45, 7) is 8.08. The number of nitrogens with one attached hydrogen (secondary N) is 1. The summed E-state index contributed by atoms with van der Waals surface area (Å²) in [6, 6.07) is 7.65. The van der Waals surface area contributed by atoms with Gasteiger partial charge < -0.3 is 9.72 Å². The zero-order valence-electron chi connectivity index (χ0n) is 16.8. The van der Waals surface area contributed by atoms with Crippen molar-refractivity contribution in [3.8, 4) is 0 Å². The molecule has 0 saturated carbocycles. The molecule has 28 heavy (non-hydrogen) atoms. The fourth-order valence-corrected chi connectivity index (χ4v) is 4.28. The van der Waals surface area contributed by atoms with Crippen LogP contribution in [0.3, 0.4) is 0 Å². The zero-order chi connectivity index (χ0) is 20.4. The molecule has 0 fully saturated rings. The molecule has 0 amide bonds. The number of Topliss-reactive ketones (excluding diaryl/α,β-unsaturated/α-hetero) is 1. The molecule has 0 unspecified atom stereocenters. The molecule has 0 radical (unpaired) electrons. The normalized spacial score (nSPS) is 12.5. The van der Waals surface area contributed by atoms with Gasteiger partial charge in [0.25, 0.3) is 0 Å². The van der Waals surface area contributed by atoms with Crippen molar-refractivity contribution in [1.29, 1.82) is 0 Å². The first-order valence-corrected chi connectivity index (χ1v) is 10.1. The Kier molecular flexibility index (Phi) is 5.96. The number of nitrogens with zero attached hydrogens (tertiary/aromatic N) is 2. The number of fused-ring (bicyclic) bond motifs is 1. The second-order valence-corrected chi connectivity index (χ2v) is 7.99. The van der Waals surface area contributed by atoms with Crippen molar-refractivity contribution in [2.75, 3.05) is 13.7 Å². The van der Waals surface area contributed by atoms with Crippen LogP contribution in [-0.2, 0) is 11.3 Å². The molecule has 148 valence electrons. The minimum atomic E-state index is -0.400. The third kappa shape index (κ3) is 3.86. The summed E-state index contributed by atoms with van der Waals surface area (Å²) in [6.07, 6.45) is 0. The van der Waals surface area contributed by atoms with Crippen LogP contribution in [0.4, 0.5) is 0 Å². The number of rotatable bonds is 7. The lowest BCUT2D eigenvalue weighted by Crippen LogP contribution is -2.36. The van der Waals surface area contributed by atoms with E-state index in [0.29, 0.717) is 35.7 Å². The number of thiazole rings is 1. The third-order valence-corrected chi connectivity index (χ3v) is 5.95. The monoisotopic (exact) mass is 399 g/mol. The van der Waals surface area contributed by atoms with Crippen molar-refractivity contribution in [2.45, 2.75) is 40.3 Å². The van der Waals surface area contributed by atoms with Crippen molar-refractivity contribution in [2.24, 2.45) is 0 Å². The van der Waals surface area contributed by atoms with Gasteiger partial charge in [0.05, 0.1) is 40.7 Å². The van der Waals surface area contributed by atoms with Crippen molar-refractivity contribution in [3.05, 3.63) is 51.8 Å². The number of aromatic nitrogens is 2. The fraction of sp³-hybridized carbons (Fsp3) is 0.381. The molecule has 0 aliphatic carbocycles. The summed E-state index contributed by atoms with van der Waals surface area (Å²) in [4.78, 5) is 35.0. The Balaban J connectivity index is 1.78. The summed E-state index contributed by atoms with van der Waals surface area (Å²) in [5, 5.41) is 0.968. The van der Waals surface area contributed by atoms with Crippen molar-refractivity contribution >= 4 is 33.3 Å². The Morgan fingerprint density at radius 1 is 1.29 bits per heavy atom. The zero-order valence-corrected chi connectivity index (χ0v) is 17.6. The molecule has 7 heteroatoms. The van der Waals surface area contributed by atoms with Crippen LogP contribution in [0.25, 0.3) is 10.2 Å². The number of para-hydroxylation sites is 1. The van der Waals surface area contributed by atoms with E-state index in [1.54, 1.807) is 32.1 Å². The number of ether oxygens (including phenoxy) is 1. The molecule has 3 aromatic rings. The van der Waals surface area contributed by atoms with E-state index >= 15 is 0 Å². The van der Waals surface area contributed by atoms with E-state index in [0.717, 1.165) is 15.2 Å². The first kappa shape index (κ1) is 20.2. The average molecular weight is 400 g/mol. The summed E-state index contributed by atoms with van der Waals surface area (Å²) < 4.78 is 6.25. The van der Waals surface area contributed by atoms with Gasteiger partial charge in [0, 0.05) is 5.69 Å². The molecule has 1 aromatic carbocycles. The fourth-order valence-electron chi connectivity index (χ4n) is 3.25. The molecule has 0 saturated heterocycles. The second kappa shape index (κ2) is 8.24. The van der Waals surface area contributed by atoms with Crippen LogP contribution in [-0.4, -0.2) is 46.3 Å². The highest BCUT2D eigenvalue weighted by molar-refractivity contribution is 7.18. The van der Waals surface area contributed by atoms with Crippen molar-refractivity contribution in [1.82, 2.24) is 14.9 Å². The number of aryl methyl sites for hydroxylation is 1. The minimum absolute atomic E-state index is 0.0558. The molecule has 1 atom stereocenters. The number of esters is 1. The van der Waals surface area contributed by atoms with Gasteiger partial charge in [-0.3, -0.25) is 9.69 Å². The Bertz CT molecular complexity index is 988. The maximum absolute atomic E-state index is 13.1. The van der Waals surface area contributed by atoms with Gasteiger partial charge in [-0.2, -0.15) is 0 Å². The lowest BCUT2D eigenvalue weighted by molar-refractivity contribution is 0.0525. The number of carbonyl (C=O) groups excluding carboxylic acids is 2. The van der Waals surface area contributed by atoms with Gasteiger partial charge in [-0.15, -0.1) is 11.3 Å². The van der Waals surface area contributed by atoms with E-state index in [1.807, 2.05) is 43.1 Å². The molecular weight excluding hydrogens is 374 g/mol. The number of likely N-dealkylation sites (N-methyl/N-ethyl adjacent to an activating group) is 1. The van der Waals surface area contributed by atoms with Crippen LogP contribution in [0.15, 0.2) is 24.3 Å². The number of ketones is 1. The standard InChI is InChI=1S/C21H25N3O3S/c1-6-27-21(26)18-12(2)19(22-13(18)3)20(25)14(4)24(5)11-17-23-15-9-7-8-10-16(15)28-17/h7-10,14,22H,6,11H2,1-5H3/t14-/m1/s1. The van der Waals surface area contributed by atoms with E-state index in [1.165, 1.54) is 0 Å². The van der Waals surface area contributed by atoms with Gasteiger partial charge in [0.2, 0.25) is 0 Å². The summed E-state index contributed by atoms with van der Waals surface area (Å²) in [7, 11) is 1.91. The molecule has 2 heterocycles. The summed E-state index contributed by atoms with van der Waals surface area (Å²) >= 11 is 1.64. The third-order valence-electron chi connectivity index (χ3n) is 4.93. The summed E-state index contributed by atoms with van der Waals surface area (Å²) in [5.41, 5.74) is 3.18. The SMILES string of the molecule is CCOC(=O)c1c(C)[nH]c(C(=O)[C@@H](C)N(C)Cc2nc3ccccc3s2)c1C. The Labute approximate surface area is 168 Å². The van der Waals surface area contributed by atoms with E-state index in [-0.39, 0.29) is 11.8 Å². The van der Waals surface area contributed by atoms with Crippen LogP contribution in [0.5, 0.6) is 0 Å². The number of H-pyrrole nitrogens is 1. The quantitative estimate of drug-likeness (QED) is 0.478. The number of hydrogen-bond acceptors (Lipinski definition) is 6. The number of hydrogen-bond donors (Lipinski definition) is 1. The van der Waals surface area contributed by atoms with Gasteiger partial charge in [-0.25, -0.2) is 9.78 Å². The molecule has 0 bridgehead atoms. The van der Waals surface area contributed by atoms with Crippen LogP contribution in [0, 0.1) is 13.8 Å². The van der Waals surface area contributed by atoms with Crippen molar-refractivity contribution < 1.29 is 14.3 Å². The van der Waals surface area contributed by atoms with Gasteiger partial charge in [-0.05, 0) is 52.4 Å². The second-order valence-electron chi connectivity index (χ2n) is 6.88. The Morgan fingerprint density at radius 3 is 2.68 bits per heavy atom. The lowest BCUT2D eigenvalue weighted by Gasteiger charge is -2.22. The first-order valence-electron chi connectivity index (χ1n) is 9.28. The van der Waals surface area contributed by atoms with E-state index in [4.69, 9.17) is 4.74 Å². The van der Waals surface area contributed by atoms with Crippen molar-refractivity contribution in [3.63, 3.8) is 0 Å².